The molecule has 2 atom stereocenters. The van der Waals surface area contributed by atoms with Gasteiger partial charge in [0, 0.05) is 24.6 Å². The van der Waals surface area contributed by atoms with Crippen LogP contribution in [0.1, 0.15) is 57.1 Å². The van der Waals surface area contributed by atoms with Gasteiger partial charge in [0.05, 0.1) is 19.1 Å². The molecule has 3 rings (SSSR count). The van der Waals surface area contributed by atoms with Gasteiger partial charge in [0.25, 0.3) is 0 Å². The number of unbranched alkanes of at least 4 members (excludes halogenated alkanes) is 1. The average molecular weight is 388 g/mol. The van der Waals surface area contributed by atoms with Crippen molar-refractivity contribution in [1.29, 1.82) is 0 Å². The quantitative estimate of drug-likeness (QED) is 0.755. The Balaban J connectivity index is 1.89. The molecule has 0 saturated carbocycles. The number of para-hydroxylation sites is 1. The lowest BCUT2D eigenvalue weighted by atomic mass is 9.82. The third kappa shape index (κ3) is 4.66. The summed E-state index contributed by atoms with van der Waals surface area (Å²) in [6.07, 6.45) is 4.86. The van der Waals surface area contributed by atoms with Gasteiger partial charge in [-0.15, -0.1) is 0 Å². The van der Waals surface area contributed by atoms with Crippen LogP contribution in [0.25, 0.3) is 0 Å². The number of carbonyl (C=O) groups is 2. The Morgan fingerprint density at radius 2 is 2.00 bits per heavy atom. The third-order valence-corrected chi connectivity index (χ3v) is 5.94. The maximum absolute atomic E-state index is 13.3. The lowest BCUT2D eigenvalue weighted by molar-refractivity contribution is -0.143. The molecular weight excluding hydrogens is 354 g/mol. The number of methoxy groups -OCH3 is 1. The predicted octanol–water partition coefficient (Wildman–Crippen LogP) is 2.64. The van der Waals surface area contributed by atoms with E-state index < -0.39 is 0 Å². The van der Waals surface area contributed by atoms with E-state index >= 15 is 0 Å². The fourth-order valence-corrected chi connectivity index (χ4v) is 4.39. The predicted molar refractivity (Wildman–Crippen MR) is 109 cm³/mol. The Hall–Kier alpha value is -2.08. The van der Waals surface area contributed by atoms with Crippen LogP contribution in [0.4, 0.5) is 0 Å². The van der Waals surface area contributed by atoms with Crippen molar-refractivity contribution in [2.24, 2.45) is 5.92 Å². The van der Waals surface area contributed by atoms with Gasteiger partial charge in [-0.05, 0) is 44.8 Å². The van der Waals surface area contributed by atoms with Crippen molar-refractivity contribution in [2.45, 2.75) is 57.5 Å². The second kappa shape index (κ2) is 9.92. The van der Waals surface area contributed by atoms with Crippen LogP contribution in [0, 0.1) is 5.92 Å². The second-order valence-corrected chi connectivity index (χ2v) is 7.81. The van der Waals surface area contributed by atoms with E-state index in [2.05, 4.69) is 17.6 Å². The van der Waals surface area contributed by atoms with Gasteiger partial charge in [0.15, 0.2) is 0 Å². The highest BCUT2D eigenvalue weighted by Gasteiger charge is 2.41. The zero-order chi connectivity index (χ0) is 19.9. The van der Waals surface area contributed by atoms with E-state index in [4.69, 9.17) is 4.74 Å². The van der Waals surface area contributed by atoms with Gasteiger partial charge in [0.1, 0.15) is 5.75 Å². The first-order chi connectivity index (χ1) is 13.7. The minimum absolute atomic E-state index is 0.0665. The number of piperidine rings is 2. The third-order valence-electron chi connectivity index (χ3n) is 5.94. The van der Waals surface area contributed by atoms with Crippen molar-refractivity contribution < 1.29 is 14.3 Å². The molecule has 28 heavy (non-hydrogen) atoms. The topological polar surface area (TPSA) is 70.7 Å². The average Bonchev–Trinajstić information content (AvgIpc) is 2.73. The van der Waals surface area contributed by atoms with E-state index in [1.807, 2.05) is 29.2 Å². The van der Waals surface area contributed by atoms with E-state index in [9.17, 15) is 9.59 Å². The molecule has 0 aliphatic carbocycles. The number of rotatable bonds is 7. The highest BCUT2D eigenvalue weighted by atomic mass is 16.5. The summed E-state index contributed by atoms with van der Waals surface area (Å²) in [7, 11) is 1.64. The van der Waals surface area contributed by atoms with E-state index in [0.717, 1.165) is 50.1 Å². The number of ether oxygens (including phenoxy) is 1. The minimum atomic E-state index is -0.273. The summed E-state index contributed by atoms with van der Waals surface area (Å²) < 4.78 is 5.59. The molecule has 6 nitrogen and oxygen atoms in total. The minimum Gasteiger partial charge on any atom is -0.496 e. The van der Waals surface area contributed by atoms with Gasteiger partial charge in [-0.1, -0.05) is 31.5 Å². The molecule has 2 heterocycles. The lowest BCUT2D eigenvalue weighted by Gasteiger charge is -2.42. The molecule has 0 aromatic heterocycles. The van der Waals surface area contributed by atoms with E-state index in [-0.39, 0.29) is 29.8 Å². The lowest BCUT2D eigenvalue weighted by Crippen LogP contribution is -2.51. The molecule has 2 saturated heterocycles. The molecule has 1 aromatic carbocycles. The van der Waals surface area contributed by atoms with Crippen molar-refractivity contribution in [2.75, 3.05) is 26.7 Å². The zero-order valence-electron chi connectivity index (χ0n) is 17.1. The number of carbonyl (C=O) groups excluding carboxylic acids is 2. The summed E-state index contributed by atoms with van der Waals surface area (Å²) in [4.78, 5) is 28.0. The number of benzene rings is 1. The standard InChI is InChI=1S/C22H33N3O3/c1-3-4-15-25-20(26)10-9-18(22(27)24-16-11-13-23-14-12-16)21(25)17-7-5-6-8-19(17)28-2/h5-8,16,18,21,23H,3-4,9-15H2,1-2H3,(H,24,27). The fraction of sp³-hybridized carbons (Fsp3) is 0.636. The van der Waals surface area contributed by atoms with Gasteiger partial charge in [0.2, 0.25) is 11.8 Å². The number of amides is 2. The Labute approximate surface area is 168 Å². The number of hydrogen-bond acceptors (Lipinski definition) is 4. The molecule has 2 fully saturated rings. The van der Waals surface area contributed by atoms with Gasteiger partial charge in [-0.3, -0.25) is 9.59 Å². The molecule has 2 N–H and O–H groups in total. The summed E-state index contributed by atoms with van der Waals surface area (Å²) in [5.41, 5.74) is 0.930. The first-order valence-corrected chi connectivity index (χ1v) is 10.6. The van der Waals surface area contributed by atoms with E-state index in [0.29, 0.717) is 19.4 Å². The number of nitrogens with zero attached hydrogens (tertiary/aromatic N) is 1. The molecule has 2 aliphatic rings. The zero-order valence-corrected chi connectivity index (χ0v) is 17.1. The van der Waals surface area contributed by atoms with Crippen LogP contribution in [0.15, 0.2) is 24.3 Å². The molecule has 0 radical (unpaired) electrons. The Kier molecular flexibility index (Phi) is 7.31. The summed E-state index contributed by atoms with van der Waals surface area (Å²) in [6.45, 7) is 4.67. The maximum Gasteiger partial charge on any atom is 0.225 e. The van der Waals surface area contributed by atoms with Crippen LogP contribution in [0.5, 0.6) is 5.75 Å². The second-order valence-electron chi connectivity index (χ2n) is 7.81. The van der Waals surface area contributed by atoms with Crippen molar-refractivity contribution in [3.63, 3.8) is 0 Å². The Bertz CT molecular complexity index is 673. The van der Waals surface area contributed by atoms with Crippen molar-refractivity contribution in [1.82, 2.24) is 15.5 Å². The highest BCUT2D eigenvalue weighted by Crippen LogP contribution is 2.41. The molecule has 6 heteroatoms. The number of likely N-dealkylation sites (tertiary alicyclic amines) is 1. The summed E-state index contributed by atoms with van der Waals surface area (Å²) in [6, 6.07) is 7.73. The van der Waals surface area contributed by atoms with Crippen LogP contribution in [0.3, 0.4) is 0 Å². The van der Waals surface area contributed by atoms with Crippen LogP contribution < -0.4 is 15.4 Å². The van der Waals surface area contributed by atoms with Crippen molar-refractivity contribution in [3.05, 3.63) is 29.8 Å². The maximum atomic E-state index is 13.3. The first-order valence-electron chi connectivity index (χ1n) is 10.6. The summed E-state index contributed by atoms with van der Waals surface area (Å²) in [5.74, 6) is 0.691. The molecule has 2 amide bonds. The van der Waals surface area contributed by atoms with Gasteiger partial charge < -0.3 is 20.3 Å². The normalized spacial score (nSPS) is 23.5. The molecular formula is C22H33N3O3. The largest absolute Gasteiger partial charge is 0.496 e. The molecule has 154 valence electrons. The van der Waals surface area contributed by atoms with Gasteiger partial charge in [-0.2, -0.15) is 0 Å². The first kappa shape index (κ1) is 20.6. The fourth-order valence-electron chi connectivity index (χ4n) is 4.39. The van der Waals surface area contributed by atoms with Crippen LogP contribution in [-0.2, 0) is 9.59 Å². The molecule has 2 unspecified atom stereocenters. The molecule has 2 aliphatic heterocycles. The molecule has 0 spiro atoms. The van der Waals surface area contributed by atoms with Crippen LogP contribution >= 0.6 is 0 Å². The Morgan fingerprint density at radius 1 is 1.25 bits per heavy atom. The van der Waals surface area contributed by atoms with Crippen molar-refractivity contribution in [3.8, 4) is 5.75 Å². The summed E-state index contributed by atoms with van der Waals surface area (Å²) in [5, 5.41) is 6.59. The summed E-state index contributed by atoms with van der Waals surface area (Å²) >= 11 is 0. The molecule has 0 bridgehead atoms. The van der Waals surface area contributed by atoms with Gasteiger partial charge >= 0.3 is 0 Å². The number of hydrogen-bond donors (Lipinski definition) is 2. The number of nitrogens with one attached hydrogen (secondary N) is 2. The van der Waals surface area contributed by atoms with Gasteiger partial charge in [-0.25, -0.2) is 0 Å². The van der Waals surface area contributed by atoms with E-state index in [1.165, 1.54) is 0 Å². The smallest absolute Gasteiger partial charge is 0.225 e. The molecule has 1 aromatic rings. The van der Waals surface area contributed by atoms with E-state index in [1.54, 1.807) is 7.11 Å². The van der Waals surface area contributed by atoms with Crippen molar-refractivity contribution >= 4 is 11.8 Å². The monoisotopic (exact) mass is 387 g/mol. The Morgan fingerprint density at radius 3 is 2.71 bits per heavy atom. The SMILES string of the molecule is CCCCN1C(=O)CCC(C(=O)NC2CCNCC2)C1c1ccccc1OC. The van der Waals surface area contributed by atoms with Crippen LogP contribution in [0.2, 0.25) is 0 Å². The highest BCUT2D eigenvalue weighted by molar-refractivity contribution is 5.85. The van der Waals surface area contributed by atoms with Crippen LogP contribution in [-0.4, -0.2) is 49.5 Å².